The quantitative estimate of drug-likeness (QED) is 0.624. The Kier molecular flexibility index (Phi) is 3.74. The van der Waals surface area contributed by atoms with Gasteiger partial charge in [0.05, 0.1) is 0 Å². The summed E-state index contributed by atoms with van der Waals surface area (Å²) in [5.74, 6) is 0. The van der Waals surface area contributed by atoms with Crippen molar-refractivity contribution in [1.82, 2.24) is 0 Å². The van der Waals surface area contributed by atoms with E-state index in [0.717, 1.165) is 11.4 Å². The highest BCUT2D eigenvalue weighted by atomic mass is 14.9. The Bertz CT molecular complexity index is 786. The van der Waals surface area contributed by atoms with Crippen LogP contribution in [0, 0.1) is 6.92 Å². The first-order chi connectivity index (χ1) is 10.3. The van der Waals surface area contributed by atoms with Crippen LogP contribution in [-0.2, 0) is 0 Å². The number of hydrogen-bond donors (Lipinski definition) is 1. The molecule has 21 heavy (non-hydrogen) atoms. The van der Waals surface area contributed by atoms with E-state index >= 15 is 0 Å². The van der Waals surface area contributed by atoms with Crippen molar-refractivity contribution in [1.29, 1.82) is 0 Å². The third-order valence-electron chi connectivity index (χ3n) is 3.71. The standard InChI is InChI=1S/C20H19N/c1-3-8-17-15(2)13-14-19-18(17)11-7-12-20(19)21-16-9-5-4-6-10-16/h3-14,21H,1-2H3/b8-3-. The van der Waals surface area contributed by atoms with Crippen molar-refractivity contribution in [3.8, 4) is 0 Å². The van der Waals surface area contributed by atoms with Crippen LogP contribution in [0.15, 0.2) is 66.7 Å². The van der Waals surface area contributed by atoms with Crippen LogP contribution in [0.2, 0.25) is 0 Å². The van der Waals surface area contributed by atoms with Crippen LogP contribution in [0.1, 0.15) is 18.1 Å². The second-order valence-corrected chi connectivity index (χ2v) is 5.19. The van der Waals surface area contributed by atoms with Gasteiger partial charge < -0.3 is 5.32 Å². The molecule has 0 bridgehead atoms. The summed E-state index contributed by atoms with van der Waals surface area (Å²) in [4.78, 5) is 0. The van der Waals surface area contributed by atoms with Crippen LogP contribution in [0.4, 0.5) is 11.4 Å². The number of hydrogen-bond acceptors (Lipinski definition) is 1. The molecule has 1 nitrogen and oxygen atoms in total. The Labute approximate surface area is 125 Å². The van der Waals surface area contributed by atoms with Gasteiger partial charge in [-0.1, -0.05) is 54.6 Å². The van der Waals surface area contributed by atoms with Crippen molar-refractivity contribution in [2.24, 2.45) is 0 Å². The first-order valence-electron chi connectivity index (χ1n) is 7.26. The number of nitrogens with one attached hydrogen (secondary N) is 1. The van der Waals surface area contributed by atoms with Crippen molar-refractivity contribution in [2.45, 2.75) is 13.8 Å². The monoisotopic (exact) mass is 273 g/mol. The zero-order valence-corrected chi connectivity index (χ0v) is 12.4. The number of allylic oxidation sites excluding steroid dienone is 1. The molecular formula is C20H19N. The molecule has 104 valence electrons. The first-order valence-corrected chi connectivity index (χ1v) is 7.26. The van der Waals surface area contributed by atoms with Gasteiger partial charge in [0.15, 0.2) is 0 Å². The van der Waals surface area contributed by atoms with Crippen molar-refractivity contribution in [2.75, 3.05) is 5.32 Å². The lowest BCUT2D eigenvalue weighted by atomic mass is 9.98. The minimum Gasteiger partial charge on any atom is -0.355 e. The fourth-order valence-corrected chi connectivity index (χ4v) is 2.66. The molecule has 0 fully saturated rings. The molecular weight excluding hydrogens is 254 g/mol. The Morgan fingerprint density at radius 3 is 2.38 bits per heavy atom. The van der Waals surface area contributed by atoms with Crippen LogP contribution < -0.4 is 5.32 Å². The minimum atomic E-state index is 1.11. The molecule has 0 saturated carbocycles. The summed E-state index contributed by atoms with van der Waals surface area (Å²) in [5.41, 5.74) is 4.85. The van der Waals surface area contributed by atoms with Gasteiger partial charge in [0.25, 0.3) is 0 Å². The molecule has 1 N–H and O–H groups in total. The zero-order chi connectivity index (χ0) is 14.7. The summed E-state index contributed by atoms with van der Waals surface area (Å²) in [6.45, 7) is 4.22. The second-order valence-electron chi connectivity index (χ2n) is 5.19. The molecule has 0 aliphatic heterocycles. The maximum atomic E-state index is 3.51. The summed E-state index contributed by atoms with van der Waals surface area (Å²) in [7, 11) is 0. The molecule has 0 aliphatic rings. The van der Waals surface area contributed by atoms with Gasteiger partial charge in [-0.15, -0.1) is 0 Å². The van der Waals surface area contributed by atoms with E-state index in [0.29, 0.717) is 0 Å². The van der Waals surface area contributed by atoms with E-state index in [1.165, 1.54) is 21.9 Å². The second kappa shape index (κ2) is 5.84. The highest BCUT2D eigenvalue weighted by molar-refractivity contribution is 6.00. The molecule has 3 aromatic rings. The third kappa shape index (κ3) is 2.68. The van der Waals surface area contributed by atoms with Crippen LogP contribution in [0.3, 0.4) is 0 Å². The van der Waals surface area contributed by atoms with Gasteiger partial charge >= 0.3 is 0 Å². The lowest BCUT2D eigenvalue weighted by Crippen LogP contribution is -1.92. The molecule has 0 aliphatic carbocycles. The number of rotatable bonds is 3. The van der Waals surface area contributed by atoms with E-state index in [-0.39, 0.29) is 0 Å². The molecule has 0 radical (unpaired) electrons. The molecule has 3 rings (SSSR count). The number of para-hydroxylation sites is 1. The summed E-state index contributed by atoms with van der Waals surface area (Å²) in [5, 5.41) is 6.05. The van der Waals surface area contributed by atoms with E-state index in [1.54, 1.807) is 0 Å². The Morgan fingerprint density at radius 2 is 1.62 bits per heavy atom. The van der Waals surface area contributed by atoms with Crippen LogP contribution in [-0.4, -0.2) is 0 Å². The number of anilines is 2. The third-order valence-corrected chi connectivity index (χ3v) is 3.71. The van der Waals surface area contributed by atoms with Gasteiger partial charge in [-0.2, -0.15) is 0 Å². The number of benzene rings is 3. The van der Waals surface area contributed by atoms with E-state index in [2.05, 4.69) is 73.8 Å². The molecule has 3 aromatic carbocycles. The first kappa shape index (κ1) is 13.4. The molecule has 1 heteroatoms. The van der Waals surface area contributed by atoms with Gasteiger partial charge in [-0.25, -0.2) is 0 Å². The minimum absolute atomic E-state index is 1.11. The predicted molar refractivity (Wildman–Crippen MR) is 93.1 cm³/mol. The van der Waals surface area contributed by atoms with Crippen molar-refractivity contribution >= 4 is 28.2 Å². The predicted octanol–water partition coefficient (Wildman–Crippen LogP) is 5.92. The summed E-state index contributed by atoms with van der Waals surface area (Å²) >= 11 is 0. The average molecular weight is 273 g/mol. The van der Waals surface area contributed by atoms with Crippen LogP contribution >= 0.6 is 0 Å². The highest BCUT2D eigenvalue weighted by Gasteiger charge is 2.06. The van der Waals surface area contributed by atoms with E-state index in [1.807, 2.05) is 18.2 Å². The summed E-state index contributed by atoms with van der Waals surface area (Å²) < 4.78 is 0. The van der Waals surface area contributed by atoms with Crippen molar-refractivity contribution in [3.63, 3.8) is 0 Å². The van der Waals surface area contributed by atoms with Gasteiger partial charge in [0.1, 0.15) is 0 Å². The van der Waals surface area contributed by atoms with Crippen LogP contribution in [0.25, 0.3) is 16.8 Å². The largest absolute Gasteiger partial charge is 0.355 e. The van der Waals surface area contributed by atoms with Gasteiger partial charge in [0.2, 0.25) is 0 Å². The summed E-state index contributed by atoms with van der Waals surface area (Å²) in [6.07, 6.45) is 4.28. The maximum Gasteiger partial charge on any atom is 0.0464 e. The molecule has 0 saturated heterocycles. The molecule has 0 amide bonds. The normalized spacial score (nSPS) is 11.1. The SMILES string of the molecule is C/C=C\c1c(C)ccc2c(Nc3ccccc3)cccc12. The van der Waals surface area contributed by atoms with Crippen LogP contribution in [0.5, 0.6) is 0 Å². The smallest absolute Gasteiger partial charge is 0.0464 e. The molecule has 0 unspecified atom stereocenters. The number of aryl methyl sites for hydroxylation is 1. The highest BCUT2D eigenvalue weighted by Crippen LogP contribution is 2.30. The fraction of sp³-hybridized carbons (Fsp3) is 0.100. The van der Waals surface area contributed by atoms with Crippen molar-refractivity contribution < 1.29 is 0 Å². The Morgan fingerprint density at radius 1 is 0.810 bits per heavy atom. The van der Waals surface area contributed by atoms with Crippen molar-refractivity contribution in [3.05, 3.63) is 77.9 Å². The summed E-state index contributed by atoms with van der Waals surface area (Å²) in [6, 6.07) is 21.1. The maximum absolute atomic E-state index is 3.51. The van der Waals surface area contributed by atoms with E-state index < -0.39 is 0 Å². The zero-order valence-electron chi connectivity index (χ0n) is 12.4. The molecule has 0 spiro atoms. The number of fused-ring (bicyclic) bond motifs is 1. The van der Waals surface area contributed by atoms with Gasteiger partial charge in [-0.3, -0.25) is 0 Å². The average Bonchev–Trinajstić information content (AvgIpc) is 2.51. The molecule has 0 aromatic heterocycles. The van der Waals surface area contributed by atoms with Gasteiger partial charge in [-0.05, 0) is 48.6 Å². The van der Waals surface area contributed by atoms with E-state index in [9.17, 15) is 0 Å². The lowest BCUT2D eigenvalue weighted by Gasteiger charge is -2.13. The Balaban J connectivity index is 2.15. The fourth-order valence-electron chi connectivity index (χ4n) is 2.66. The Hall–Kier alpha value is -2.54. The molecule has 0 heterocycles. The van der Waals surface area contributed by atoms with E-state index in [4.69, 9.17) is 0 Å². The lowest BCUT2D eigenvalue weighted by molar-refractivity contribution is 1.47. The topological polar surface area (TPSA) is 12.0 Å². The van der Waals surface area contributed by atoms with Gasteiger partial charge in [0, 0.05) is 16.8 Å². The molecule has 0 atom stereocenters.